The lowest BCUT2D eigenvalue weighted by Gasteiger charge is -2.10. The maximum absolute atomic E-state index is 2.37. The first-order valence-electron chi connectivity index (χ1n) is 4.66. The lowest BCUT2D eigenvalue weighted by Crippen LogP contribution is -1.96. The Labute approximate surface area is 82.9 Å². The van der Waals surface area contributed by atoms with Crippen LogP contribution in [0.4, 0.5) is 0 Å². The van der Waals surface area contributed by atoms with Gasteiger partial charge in [-0.25, -0.2) is 0 Å². The summed E-state index contributed by atoms with van der Waals surface area (Å²) >= 11 is 0. The molecule has 0 amide bonds. The van der Waals surface area contributed by atoms with Gasteiger partial charge in [-0.05, 0) is 11.8 Å². The zero-order valence-corrected chi connectivity index (χ0v) is 7.98. The Bertz CT molecular complexity index is 69.3. The quantitative estimate of drug-likeness (QED) is 0.559. The zero-order chi connectivity index (χ0) is 7.98. The Morgan fingerprint density at radius 3 is 1.82 bits per heavy atom. The van der Waals surface area contributed by atoms with E-state index in [2.05, 4.69) is 27.7 Å². The summed E-state index contributed by atoms with van der Waals surface area (Å²) in [4.78, 5) is 0. The van der Waals surface area contributed by atoms with E-state index in [0.29, 0.717) is 0 Å². The van der Waals surface area contributed by atoms with Crippen LogP contribution >= 0.6 is 0 Å². The van der Waals surface area contributed by atoms with Gasteiger partial charge in [-0.15, -0.1) is 0 Å². The van der Waals surface area contributed by atoms with Gasteiger partial charge in [-0.2, -0.15) is 0 Å². The molecule has 1 heteroatoms. The van der Waals surface area contributed by atoms with Gasteiger partial charge >= 0.3 is 0 Å². The lowest BCUT2D eigenvalue weighted by molar-refractivity contribution is 0.425. The molecule has 11 heavy (non-hydrogen) atoms. The Balaban J connectivity index is 0. The van der Waals surface area contributed by atoms with Gasteiger partial charge in [-0.3, -0.25) is 0 Å². The fraction of sp³-hybridized carbons (Fsp3) is 1.00. The molecule has 0 aliphatic carbocycles. The minimum atomic E-state index is 0. The molecule has 1 atom stereocenters. The Kier molecular flexibility index (Phi) is 11.0. The third-order valence-corrected chi connectivity index (χ3v) is 2.02. The Morgan fingerprint density at radius 1 is 0.909 bits per heavy atom. The Morgan fingerprint density at radius 2 is 1.45 bits per heavy atom. The maximum Gasteiger partial charge on any atom is 0.187 e. The molecule has 0 rings (SSSR count). The second-order valence-corrected chi connectivity index (χ2v) is 3.87. The van der Waals surface area contributed by atoms with Crippen LogP contribution in [0.25, 0.3) is 0 Å². The van der Waals surface area contributed by atoms with E-state index >= 15 is 0 Å². The number of rotatable bonds is 5. The monoisotopic (exact) mass is 172 g/mol. The van der Waals surface area contributed by atoms with Crippen LogP contribution in [0.15, 0.2) is 0 Å². The van der Waals surface area contributed by atoms with Crippen molar-refractivity contribution >= 4 is 17.4 Å². The molecule has 0 aromatic carbocycles. The van der Waals surface area contributed by atoms with Gasteiger partial charge in [0.2, 0.25) is 0 Å². The highest BCUT2D eigenvalue weighted by Crippen LogP contribution is 2.15. The van der Waals surface area contributed by atoms with Gasteiger partial charge in [0.05, 0.1) is 0 Å². The molecule has 0 aliphatic heterocycles. The fourth-order valence-electron chi connectivity index (χ4n) is 1.25. The first-order chi connectivity index (χ1) is 4.66. The summed E-state index contributed by atoms with van der Waals surface area (Å²) < 4.78 is 0. The summed E-state index contributed by atoms with van der Waals surface area (Å²) in [5.41, 5.74) is 0. The molecule has 0 aromatic rings. The van der Waals surface area contributed by atoms with Crippen LogP contribution in [-0.2, 0) is 0 Å². The molecule has 0 N–H and O–H groups in total. The molecule has 0 fully saturated rings. The van der Waals surface area contributed by atoms with Gasteiger partial charge in [0.1, 0.15) is 0 Å². The van der Waals surface area contributed by atoms with Gasteiger partial charge < -0.3 is 0 Å². The highest BCUT2D eigenvalue weighted by molar-refractivity contribution is 5.75. The van der Waals surface area contributed by atoms with E-state index in [-0.39, 0.29) is 17.4 Å². The van der Waals surface area contributed by atoms with Crippen LogP contribution in [-0.4, -0.2) is 17.4 Å². The molecular formula is C10H25Al. The van der Waals surface area contributed by atoms with Crippen molar-refractivity contribution in [3.63, 3.8) is 0 Å². The molecule has 68 valence electrons. The van der Waals surface area contributed by atoms with Crippen molar-refractivity contribution in [1.29, 1.82) is 0 Å². The number of hydrogen-bond acceptors (Lipinski definition) is 0. The first-order valence-corrected chi connectivity index (χ1v) is 4.66. The minimum absolute atomic E-state index is 0. The van der Waals surface area contributed by atoms with Gasteiger partial charge in [0.15, 0.2) is 17.4 Å². The summed E-state index contributed by atoms with van der Waals surface area (Å²) in [5, 5.41) is 0. The summed E-state index contributed by atoms with van der Waals surface area (Å²) in [6.07, 6.45) is 5.58. The van der Waals surface area contributed by atoms with Crippen molar-refractivity contribution in [2.75, 3.05) is 0 Å². The minimum Gasteiger partial charge on any atom is -0.0654 e. The van der Waals surface area contributed by atoms with Crippen LogP contribution < -0.4 is 0 Å². The van der Waals surface area contributed by atoms with E-state index in [9.17, 15) is 0 Å². The molecule has 0 nitrogen and oxygen atoms in total. The highest BCUT2D eigenvalue weighted by Gasteiger charge is 2.01. The summed E-state index contributed by atoms with van der Waals surface area (Å²) in [6, 6.07) is 0. The molecule has 0 radical (unpaired) electrons. The number of hydrogen-bond donors (Lipinski definition) is 0. The fourth-order valence-corrected chi connectivity index (χ4v) is 1.25. The third-order valence-electron chi connectivity index (χ3n) is 2.02. The Hall–Kier alpha value is 0.532. The maximum atomic E-state index is 2.37. The predicted molar refractivity (Wildman–Crippen MR) is 58.1 cm³/mol. The van der Waals surface area contributed by atoms with Gasteiger partial charge in [0.25, 0.3) is 0 Å². The van der Waals surface area contributed by atoms with E-state index < -0.39 is 0 Å². The standard InChI is InChI=1S/C10H22.Al.3H/c1-5-6-10(4)8-7-9(2)3;;;;/h9-10H,5-8H2,1-4H3;;;;. The van der Waals surface area contributed by atoms with Gasteiger partial charge in [-0.1, -0.05) is 53.4 Å². The summed E-state index contributed by atoms with van der Waals surface area (Å²) in [5.74, 6) is 1.84. The SMILES string of the molecule is CCCC(C)CCC(C)C.[AlH3]. The predicted octanol–water partition coefficient (Wildman–Crippen LogP) is 2.67. The van der Waals surface area contributed by atoms with E-state index in [0.717, 1.165) is 11.8 Å². The van der Waals surface area contributed by atoms with E-state index in [1.54, 1.807) is 0 Å². The first kappa shape index (κ1) is 14.1. The molecule has 0 aliphatic rings. The summed E-state index contributed by atoms with van der Waals surface area (Å²) in [6.45, 7) is 9.25. The zero-order valence-electron chi connectivity index (χ0n) is 7.98. The molecule has 0 aromatic heterocycles. The average molecular weight is 172 g/mol. The van der Waals surface area contributed by atoms with Crippen molar-refractivity contribution in [1.82, 2.24) is 0 Å². The molecule has 0 heterocycles. The van der Waals surface area contributed by atoms with E-state index in [4.69, 9.17) is 0 Å². The smallest absolute Gasteiger partial charge is 0.0654 e. The molecular weight excluding hydrogens is 147 g/mol. The van der Waals surface area contributed by atoms with Crippen LogP contribution in [0.2, 0.25) is 0 Å². The molecule has 0 saturated heterocycles. The molecule has 0 saturated carbocycles. The second kappa shape index (κ2) is 8.63. The van der Waals surface area contributed by atoms with Crippen molar-refractivity contribution in [3.05, 3.63) is 0 Å². The van der Waals surface area contributed by atoms with E-state index in [1.807, 2.05) is 0 Å². The van der Waals surface area contributed by atoms with Crippen LogP contribution in [0, 0.1) is 11.8 Å². The second-order valence-electron chi connectivity index (χ2n) is 3.87. The largest absolute Gasteiger partial charge is 0.187 e. The van der Waals surface area contributed by atoms with Crippen molar-refractivity contribution in [2.45, 2.75) is 53.4 Å². The van der Waals surface area contributed by atoms with Crippen LogP contribution in [0.3, 0.4) is 0 Å². The van der Waals surface area contributed by atoms with Crippen LogP contribution in [0.5, 0.6) is 0 Å². The summed E-state index contributed by atoms with van der Waals surface area (Å²) in [7, 11) is 0. The topological polar surface area (TPSA) is 0 Å². The highest BCUT2D eigenvalue weighted by atomic mass is 27.0. The van der Waals surface area contributed by atoms with Crippen LogP contribution in [0.1, 0.15) is 53.4 Å². The average Bonchev–Trinajstić information content (AvgIpc) is 1.85. The third kappa shape index (κ3) is 10.5. The van der Waals surface area contributed by atoms with Crippen molar-refractivity contribution in [3.8, 4) is 0 Å². The van der Waals surface area contributed by atoms with Gasteiger partial charge in [0, 0.05) is 0 Å². The van der Waals surface area contributed by atoms with Crippen molar-refractivity contribution < 1.29 is 0 Å². The molecule has 0 bridgehead atoms. The molecule has 0 spiro atoms. The van der Waals surface area contributed by atoms with E-state index in [1.165, 1.54) is 25.7 Å². The lowest BCUT2D eigenvalue weighted by atomic mass is 9.96. The van der Waals surface area contributed by atoms with Crippen molar-refractivity contribution in [2.24, 2.45) is 11.8 Å². The normalized spacial score (nSPS) is 12.8. The molecule has 1 unspecified atom stereocenters.